The van der Waals surface area contributed by atoms with Gasteiger partial charge >= 0.3 is 0 Å². The molecule has 0 bridgehead atoms. The summed E-state index contributed by atoms with van der Waals surface area (Å²) in [5.74, 6) is 1.83. The Hall–Kier alpha value is -1.52. The van der Waals surface area contributed by atoms with E-state index in [0.717, 1.165) is 37.4 Å². The van der Waals surface area contributed by atoms with Crippen molar-refractivity contribution < 1.29 is 9.47 Å². The van der Waals surface area contributed by atoms with Gasteiger partial charge in [-0.3, -0.25) is 0 Å². The van der Waals surface area contributed by atoms with Crippen molar-refractivity contribution in [3.8, 4) is 11.5 Å². The number of rotatable bonds is 5. The molecule has 2 aromatic rings. The summed E-state index contributed by atoms with van der Waals surface area (Å²) in [5, 5.41) is 5.58. The first-order chi connectivity index (χ1) is 9.85. The van der Waals surface area contributed by atoms with Crippen molar-refractivity contribution in [3.05, 3.63) is 46.2 Å². The Balaban J connectivity index is 1.55. The molecule has 106 valence electrons. The normalized spacial score (nSPS) is 17.4. The first-order valence-electron chi connectivity index (χ1n) is 6.92. The largest absolute Gasteiger partial charge is 0.497 e. The Bertz CT molecular complexity index is 554. The molecule has 0 radical (unpaired) electrons. The predicted molar refractivity (Wildman–Crippen MR) is 81.8 cm³/mol. The number of thiophene rings is 1. The van der Waals surface area contributed by atoms with Gasteiger partial charge in [-0.2, -0.15) is 0 Å². The Labute approximate surface area is 123 Å². The van der Waals surface area contributed by atoms with Crippen LogP contribution in [0.1, 0.15) is 16.9 Å². The highest BCUT2D eigenvalue weighted by Crippen LogP contribution is 2.31. The van der Waals surface area contributed by atoms with Crippen LogP contribution in [-0.2, 0) is 13.0 Å². The van der Waals surface area contributed by atoms with Gasteiger partial charge in [0, 0.05) is 24.0 Å². The topological polar surface area (TPSA) is 30.5 Å². The van der Waals surface area contributed by atoms with Crippen molar-refractivity contribution >= 4 is 11.3 Å². The SMILES string of the molecule is COc1ccc2c(c1)O[C@H](CNCc1cccs1)CC2. The van der Waals surface area contributed by atoms with E-state index in [1.807, 2.05) is 12.1 Å². The summed E-state index contributed by atoms with van der Waals surface area (Å²) in [7, 11) is 1.69. The fourth-order valence-corrected chi connectivity index (χ4v) is 3.12. The van der Waals surface area contributed by atoms with Crippen molar-refractivity contribution in [3.63, 3.8) is 0 Å². The number of aryl methyl sites for hydroxylation is 1. The third kappa shape index (κ3) is 3.14. The minimum Gasteiger partial charge on any atom is -0.497 e. The van der Waals surface area contributed by atoms with E-state index in [9.17, 15) is 0 Å². The first kappa shape index (κ1) is 13.5. The van der Waals surface area contributed by atoms with Gasteiger partial charge in [0.05, 0.1) is 7.11 Å². The summed E-state index contributed by atoms with van der Waals surface area (Å²) in [5.41, 5.74) is 1.28. The summed E-state index contributed by atoms with van der Waals surface area (Å²) >= 11 is 1.78. The van der Waals surface area contributed by atoms with E-state index >= 15 is 0 Å². The van der Waals surface area contributed by atoms with Crippen LogP contribution in [0.25, 0.3) is 0 Å². The fourth-order valence-electron chi connectivity index (χ4n) is 2.45. The van der Waals surface area contributed by atoms with Gasteiger partial charge in [-0.1, -0.05) is 12.1 Å². The van der Waals surface area contributed by atoms with Gasteiger partial charge in [0.25, 0.3) is 0 Å². The Morgan fingerprint density at radius 2 is 2.35 bits per heavy atom. The minimum absolute atomic E-state index is 0.245. The molecule has 1 aliphatic heterocycles. The predicted octanol–water partition coefficient (Wildman–Crippen LogP) is 3.24. The molecule has 0 aliphatic carbocycles. The molecule has 1 atom stereocenters. The lowest BCUT2D eigenvalue weighted by molar-refractivity contribution is 0.169. The molecule has 4 heteroatoms. The maximum absolute atomic E-state index is 6.05. The van der Waals surface area contributed by atoms with E-state index in [1.54, 1.807) is 18.4 Å². The molecule has 0 fully saturated rings. The second-order valence-corrected chi connectivity index (χ2v) is 5.99. The van der Waals surface area contributed by atoms with Gasteiger partial charge in [-0.15, -0.1) is 11.3 Å². The second-order valence-electron chi connectivity index (χ2n) is 4.96. The minimum atomic E-state index is 0.245. The van der Waals surface area contributed by atoms with Gasteiger partial charge in [0.2, 0.25) is 0 Å². The monoisotopic (exact) mass is 289 g/mol. The lowest BCUT2D eigenvalue weighted by atomic mass is 10.0. The average molecular weight is 289 g/mol. The molecule has 2 heterocycles. The molecule has 0 spiro atoms. The number of fused-ring (bicyclic) bond motifs is 1. The molecule has 1 aromatic heterocycles. The smallest absolute Gasteiger partial charge is 0.126 e. The highest BCUT2D eigenvalue weighted by molar-refractivity contribution is 7.09. The fraction of sp³-hybridized carbons (Fsp3) is 0.375. The summed E-state index contributed by atoms with van der Waals surface area (Å²) in [4.78, 5) is 1.36. The summed E-state index contributed by atoms with van der Waals surface area (Å²) < 4.78 is 11.3. The van der Waals surface area contributed by atoms with Crippen molar-refractivity contribution in [1.82, 2.24) is 5.32 Å². The molecule has 20 heavy (non-hydrogen) atoms. The molecule has 3 rings (SSSR count). The Morgan fingerprint density at radius 3 is 3.15 bits per heavy atom. The number of methoxy groups -OCH3 is 1. The van der Waals surface area contributed by atoms with E-state index in [2.05, 4.69) is 28.9 Å². The van der Waals surface area contributed by atoms with Gasteiger partial charge in [0.15, 0.2) is 0 Å². The maximum atomic E-state index is 6.05. The summed E-state index contributed by atoms with van der Waals surface area (Å²) in [6.45, 7) is 1.80. The quantitative estimate of drug-likeness (QED) is 0.916. The molecule has 0 amide bonds. The third-order valence-electron chi connectivity index (χ3n) is 3.55. The van der Waals surface area contributed by atoms with Crippen LogP contribution in [0.3, 0.4) is 0 Å². The van der Waals surface area contributed by atoms with E-state index in [0.29, 0.717) is 0 Å². The zero-order valence-corrected chi connectivity index (χ0v) is 12.4. The number of ether oxygens (including phenoxy) is 2. The van der Waals surface area contributed by atoms with E-state index in [4.69, 9.17) is 9.47 Å². The Morgan fingerprint density at radius 1 is 1.40 bits per heavy atom. The van der Waals surface area contributed by atoms with Gasteiger partial charge in [-0.25, -0.2) is 0 Å². The van der Waals surface area contributed by atoms with Gasteiger partial charge in [0.1, 0.15) is 17.6 Å². The van der Waals surface area contributed by atoms with Crippen LogP contribution in [0.4, 0.5) is 0 Å². The number of benzene rings is 1. The molecule has 0 unspecified atom stereocenters. The maximum Gasteiger partial charge on any atom is 0.126 e. The molecule has 1 N–H and O–H groups in total. The van der Waals surface area contributed by atoms with Crippen molar-refractivity contribution in [2.24, 2.45) is 0 Å². The van der Waals surface area contributed by atoms with E-state index < -0.39 is 0 Å². The van der Waals surface area contributed by atoms with E-state index in [-0.39, 0.29) is 6.10 Å². The second kappa shape index (κ2) is 6.29. The van der Waals surface area contributed by atoms with E-state index in [1.165, 1.54) is 10.4 Å². The van der Waals surface area contributed by atoms with Gasteiger partial charge in [-0.05, 0) is 35.9 Å². The summed E-state index contributed by atoms with van der Waals surface area (Å²) in [6, 6.07) is 10.3. The standard InChI is InChI=1S/C16H19NO2S/c1-18-13-6-4-12-5-7-14(19-16(12)9-13)10-17-11-15-3-2-8-20-15/h2-4,6,8-9,14,17H,5,7,10-11H2,1H3/t14-/m0/s1. The number of nitrogens with one attached hydrogen (secondary N) is 1. The lowest BCUT2D eigenvalue weighted by Crippen LogP contribution is -2.33. The van der Waals surface area contributed by atoms with Crippen LogP contribution in [0.15, 0.2) is 35.7 Å². The zero-order valence-electron chi connectivity index (χ0n) is 11.6. The summed E-state index contributed by atoms with van der Waals surface area (Å²) in [6.07, 6.45) is 2.39. The van der Waals surface area contributed by atoms with Gasteiger partial charge < -0.3 is 14.8 Å². The zero-order chi connectivity index (χ0) is 13.8. The number of hydrogen-bond acceptors (Lipinski definition) is 4. The van der Waals surface area contributed by atoms with Crippen molar-refractivity contribution in [2.45, 2.75) is 25.5 Å². The Kier molecular flexibility index (Phi) is 4.23. The van der Waals surface area contributed by atoms with Crippen LogP contribution >= 0.6 is 11.3 Å². The van der Waals surface area contributed by atoms with Crippen LogP contribution < -0.4 is 14.8 Å². The lowest BCUT2D eigenvalue weighted by Gasteiger charge is -2.26. The first-order valence-corrected chi connectivity index (χ1v) is 7.80. The van der Waals surface area contributed by atoms with Crippen LogP contribution in [0.5, 0.6) is 11.5 Å². The number of hydrogen-bond donors (Lipinski definition) is 1. The highest BCUT2D eigenvalue weighted by Gasteiger charge is 2.19. The van der Waals surface area contributed by atoms with Crippen LogP contribution in [0, 0.1) is 0 Å². The average Bonchev–Trinajstić information content (AvgIpc) is 3.00. The van der Waals surface area contributed by atoms with Crippen LogP contribution in [-0.4, -0.2) is 19.8 Å². The highest BCUT2D eigenvalue weighted by atomic mass is 32.1. The molecule has 1 aliphatic rings. The van der Waals surface area contributed by atoms with Crippen molar-refractivity contribution in [1.29, 1.82) is 0 Å². The molecule has 0 saturated heterocycles. The molecule has 3 nitrogen and oxygen atoms in total. The third-order valence-corrected chi connectivity index (χ3v) is 4.43. The molecule has 1 aromatic carbocycles. The molecule has 0 saturated carbocycles. The molecular formula is C16H19NO2S. The molecular weight excluding hydrogens is 270 g/mol. The van der Waals surface area contributed by atoms with Crippen molar-refractivity contribution in [2.75, 3.05) is 13.7 Å². The van der Waals surface area contributed by atoms with Crippen LogP contribution in [0.2, 0.25) is 0 Å².